The number of rotatable bonds is 3. The van der Waals surface area contributed by atoms with Crippen LogP contribution in [0.25, 0.3) is 10.2 Å². The molecule has 2 aromatic carbocycles. The molecule has 21 heavy (non-hydrogen) atoms. The molecule has 0 saturated carbocycles. The minimum absolute atomic E-state index is 0.133. The van der Waals surface area contributed by atoms with Crippen LogP contribution in [0.3, 0.4) is 0 Å². The summed E-state index contributed by atoms with van der Waals surface area (Å²) in [5, 5.41) is 0.878. The number of sulfonamides is 1. The van der Waals surface area contributed by atoms with E-state index in [0.29, 0.717) is 21.4 Å². The average Bonchev–Trinajstić information content (AvgIpc) is 2.79. The first-order valence-electron chi connectivity index (χ1n) is 5.88. The molecule has 0 aliphatic rings. The second-order valence-electron chi connectivity index (χ2n) is 4.31. The molecule has 0 atom stereocenters. The SMILES string of the molecule is Nc1ccc(S(=O)(=O)Nc2nc3ccc(Cl)cc3s2)cc1. The number of fused-ring (bicyclic) bond motifs is 1. The largest absolute Gasteiger partial charge is 0.399 e. The maximum absolute atomic E-state index is 12.2. The lowest BCUT2D eigenvalue weighted by molar-refractivity contribution is 0.601. The number of halogens is 1. The summed E-state index contributed by atoms with van der Waals surface area (Å²) in [5.74, 6) is 0. The highest BCUT2D eigenvalue weighted by Crippen LogP contribution is 2.29. The monoisotopic (exact) mass is 339 g/mol. The van der Waals surface area contributed by atoms with Gasteiger partial charge in [0.25, 0.3) is 10.0 Å². The van der Waals surface area contributed by atoms with Crippen molar-refractivity contribution >= 4 is 54.0 Å². The van der Waals surface area contributed by atoms with Crippen LogP contribution in [0, 0.1) is 0 Å². The van der Waals surface area contributed by atoms with E-state index < -0.39 is 10.0 Å². The molecule has 0 radical (unpaired) electrons. The summed E-state index contributed by atoms with van der Waals surface area (Å²) in [7, 11) is -3.68. The van der Waals surface area contributed by atoms with E-state index in [1.54, 1.807) is 18.2 Å². The highest BCUT2D eigenvalue weighted by Gasteiger charge is 2.16. The fourth-order valence-corrected chi connectivity index (χ4v) is 4.14. The fourth-order valence-electron chi connectivity index (χ4n) is 1.76. The third-order valence-corrected chi connectivity index (χ3v) is 5.42. The van der Waals surface area contributed by atoms with Crippen molar-refractivity contribution in [3.8, 4) is 0 Å². The first-order valence-corrected chi connectivity index (χ1v) is 8.56. The number of nitrogens with one attached hydrogen (secondary N) is 1. The summed E-state index contributed by atoms with van der Waals surface area (Å²) >= 11 is 7.13. The number of thiazole rings is 1. The van der Waals surface area contributed by atoms with Crippen LogP contribution < -0.4 is 10.5 Å². The molecule has 3 N–H and O–H groups in total. The van der Waals surface area contributed by atoms with Gasteiger partial charge in [0.2, 0.25) is 0 Å². The zero-order valence-corrected chi connectivity index (χ0v) is 13.0. The van der Waals surface area contributed by atoms with E-state index in [2.05, 4.69) is 9.71 Å². The van der Waals surface area contributed by atoms with Gasteiger partial charge in [-0.1, -0.05) is 22.9 Å². The smallest absolute Gasteiger partial charge is 0.263 e. The molecule has 8 heteroatoms. The van der Waals surface area contributed by atoms with Crippen molar-refractivity contribution in [3.63, 3.8) is 0 Å². The quantitative estimate of drug-likeness (QED) is 0.717. The first-order chi connectivity index (χ1) is 9.94. The number of nitrogens with two attached hydrogens (primary N) is 1. The van der Waals surface area contributed by atoms with Crippen LogP contribution in [0.2, 0.25) is 5.02 Å². The Kier molecular flexibility index (Phi) is 3.48. The Hall–Kier alpha value is -1.83. The van der Waals surface area contributed by atoms with Gasteiger partial charge < -0.3 is 5.73 Å². The molecule has 3 aromatic rings. The van der Waals surface area contributed by atoms with Crippen molar-refractivity contribution in [2.24, 2.45) is 0 Å². The molecule has 1 aromatic heterocycles. The highest BCUT2D eigenvalue weighted by molar-refractivity contribution is 7.93. The Morgan fingerprint density at radius 2 is 1.86 bits per heavy atom. The van der Waals surface area contributed by atoms with Crippen LogP contribution in [-0.2, 0) is 10.0 Å². The number of aromatic nitrogens is 1. The van der Waals surface area contributed by atoms with E-state index in [0.717, 1.165) is 4.70 Å². The number of nitrogen functional groups attached to an aromatic ring is 1. The summed E-state index contributed by atoms with van der Waals surface area (Å²) < 4.78 is 27.8. The molecule has 0 fully saturated rings. The van der Waals surface area contributed by atoms with Crippen LogP contribution in [0.4, 0.5) is 10.8 Å². The molecule has 0 aliphatic heterocycles. The lowest BCUT2D eigenvalue weighted by Gasteiger charge is -2.04. The van der Waals surface area contributed by atoms with Crippen molar-refractivity contribution in [2.75, 3.05) is 10.5 Å². The third kappa shape index (κ3) is 2.94. The van der Waals surface area contributed by atoms with Gasteiger partial charge in [0.05, 0.1) is 15.1 Å². The van der Waals surface area contributed by atoms with E-state index in [4.69, 9.17) is 17.3 Å². The maximum Gasteiger partial charge on any atom is 0.263 e. The summed E-state index contributed by atoms with van der Waals surface area (Å²) in [5.41, 5.74) is 6.75. The summed E-state index contributed by atoms with van der Waals surface area (Å²) in [6.45, 7) is 0. The molecule has 0 unspecified atom stereocenters. The maximum atomic E-state index is 12.2. The standard InChI is InChI=1S/C13H10ClN3O2S2/c14-8-1-6-11-12(7-8)20-13(16-11)17-21(18,19)10-4-2-9(15)3-5-10/h1-7H,15H2,(H,16,17). The molecule has 0 bridgehead atoms. The number of hydrogen-bond donors (Lipinski definition) is 2. The fraction of sp³-hybridized carbons (Fsp3) is 0. The normalized spacial score (nSPS) is 11.7. The zero-order chi connectivity index (χ0) is 15.0. The predicted octanol–water partition coefficient (Wildman–Crippen LogP) is 3.33. The van der Waals surface area contributed by atoms with E-state index >= 15 is 0 Å². The van der Waals surface area contributed by atoms with E-state index in [1.807, 2.05) is 0 Å². The van der Waals surface area contributed by atoms with Crippen molar-refractivity contribution in [2.45, 2.75) is 4.90 Å². The van der Waals surface area contributed by atoms with Crippen molar-refractivity contribution in [1.82, 2.24) is 4.98 Å². The lowest BCUT2D eigenvalue weighted by Crippen LogP contribution is -2.12. The predicted molar refractivity (Wildman–Crippen MR) is 86.3 cm³/mol. The second-order valence-corrected chi connectivity index (χ2v) is 7.46. The molecule has 0 aliphatic carbocycles. The molecular weight excluding hydrogens is 330 g/mol. The van der Waals surface area contributed by atoms with Gasteiger partial charge >= 0.3 is 0 Å². The van der Waals surface area contributed by atoms with Gasteiger partial charge in [-0.15, -0.1) is 0 Å². The van der Waals surface area contributed by atoms with E-state index in [1.165, 1.54) is 35.6 Å². The van der Waals surface area contributed by atoms with Gasteiger partial charge in [-0.05, 0) is 42.5 Å². The molecule has 5 nitrogen and oxygen atoms in total. The van der Waals surface area contributed by atoms with Crippen LogP contribution in [0.15, 0.2) is 47.4 Å². The van der Waals surface area contributed by atoms with Gasteiger partial charge in [-0.2, -0.15) is 0 Å². The third-order valence-electron chi connectivity index (χ3n) is 2.76. The minimum atomic E-state index is -3.68. The van der Waals surface area contributed by atoms with Crippen molar-refractivity contribution in [3.05, 3.63) is 47.5 Å². The summed E-state index contributed by atoms with van der Waals surface area (Å²) in [6, 6.07) is 11.2. The number of anilines is 2. The van der Waals surface area contributed by atoms with Gasteiger partial charge in [0, 0.05) is 10.7 Å². The Morgan fingerprint density at radius 1 is 1.14 bits per heavy atom. The minimum Gasteiger partial charge on any atom is -0.399 e. The Balaban J connectivity index is 1.95. The van der Waals surface area contributed by atoms with Gasteiger partial charge in [0.15, 0.2) is 5.13 Å². The molecule has 1 heterocycles. The van der Waals surface area contributed by atoms with Gasteiger partial charge in [0.1, 0.15) is 0 Å². The molecule has 0 saturated heterocycles. The van der Waals surface area contributed by atoms with E-state index in [-0.39, 0.29) is 4.90 Å². The van der Waals surface area contributed by atoms with Crippen LogP contribution >= 0.6 is 22.9 Å². The topological polar surface area (TPSA) is 85.1 Å². The summed E-state index contributed by atoms with van der Waals surface area (Å²) in [6.07, 6.45) is 0. The Bertz CT molecular complexity index is 905. The number of hydrogen-bond acceptors (Lipinski definition) is 5. The Labute approximate surface area is 130 Å². The molecule has 3 rings (SSSR count). The lowest BCUT2D eigenvalue weighted by atomic mass is 10.3. The Morgan fingerprint density at radius 3 is 2.57 bits per heavy atom. The van der Waals surface area contributed by atoms with Gasteiger partial charge in [-0.25, -0.2) is 13.4 Å². The average molecular weight is 340 g/mol. The van der Waals surface area contributed by atoms with Crippen LogP contribution in [-0.4, -0.2) is 13.4 Å². The van der Waals surface area contributed by atoms with Crippen LogP contribution in [0.1, 0.15) is 0 Å². The van der Waals surface area contributed by atoms with Crippen LogP contribution in [0.5, 0.6) is 0 Å². The van der Waals surface area contributed by atoms with E-state index in [9.17, 15) is 8.42 Å². The zero-order valence-electron chi connectivity index (χ0n) is 10.6. The molecule has 108 valence electrons. The first kappa shape index (κ1) is 14.1. The molecular formula is C13H10ClN3O2S2. The number of benzene rings is 2. The highest BCUT2D eigenvalue weighted by atomic mass is 35.5. The summed E-state index contributed by atoms with van der Waals surface area (Å²) in [4.78, 5) is 4.36. The van der Waals surface area contributed by atoms with Gasteiger partial charge in [-0.3, -0.25) is 4.72 Å². The number of nitrogens with zero attached hydrogens (tertiary/aromatic N) is 1. The van der Waals surface area contributed by atoms with Crippen molar-refractivity contribution in [1.29, 1.82) is 0 Å². The van der Waals surface area contributed by atoms with Crippen molar-refractivity contribution < 1.29 is 8.42 Å². The molecule has 0 amide bonds. The molecule has 0 spiro atoms. The second kappa shape index (κ2) is 5.18.